The smallest absolute Gasteiger partial charge is 0.303 e. The predicted octanol–water partition coefficient (Wildman–Crippen LogP) is 0.0870. The molecule has 0 aliphatic carbocycles. The number of carbonyl (C=O) groups is 1. The van der Waals surface area contributed by atoms with E-state index in [9.17, 15) is 4.79 Å². The third kappa shape index (κ3) is 7.96. The predicted molar refractivity (Wildman–Crippen MR) is 28.5 cm³/mol. The summed E-state index contributed by atoms with van der Waals surface area (Å²) in [5.41, 5.74) is 0. The van der Waals surface area contributed by atoms with Gasteiger partial charge in [-0.1, -0.05) is 6.92 Å². The summed E-state index contributed by atoms with van der Waals surface area (Å²) in [6.07, 6.45) is 0.0521. The molecule has 54 valence electrons. The summed E-state index contributed by atoms with van der Waals surface area (Å²) in [6.45, 7) is 1.64. The largest absolute Gasteiger partial charge is 0.481 e. The van der Waals surface area contributed by atoms with Crippen molar-refractivity contribution in [1.82, 2.24) is 0 Å². The van der Waals surface area contributed by atoms with Crippen LogP contribution in [-0.2, 0) is 22.2 Å². The molecule has 0 saturated heterocycles. The molecule has 0 aromatic carbocycles. The zero-order chi connectivity index (χ0) is 6.57. The fourth-order valence-electron chi connectivity index (χ4n) is 0.363. The Labute approximate surface area is 64.8 Å². The molecule has 0 aliphatic rings. The van der Waals surface area contributed by atoms with E-state index in [1.54, 1.807) is 6.92 Å². The van der Waals surface area contributed by atoms with Gasteiger partial charge in [0.2, 0.25) is 0 Å². The topological polar surface area (TPSA) is 57.5 Å². The van der Waals surface area contributed by atoms with Gasteiger partial charge in [-0.2, -0.15) is 0 Å². The summed E-state index contributed by atoms with van der Waals surface area (Å²) in [7, 11) is 0. The van der Waals surface area contributed by atoms with Gasteiger partial charge in [0.05, 0.1) is 6.42 Å². The van der Waals surface area contributed by atoms with E-state index in [1.165, 1.54) is 0 Å². The van der Waals surface area contributed by atoms with Crippen molar-refractivity contribution in [2.24, 2.45) is 5.92 Å². The second kappa shape index (κ2) is 6.09. The molecule has 0 aliphatic heterocycles. The molecule has 0 aromatic heterocycles. The first kappa shape index (κ1) is 11.7. The molecule has 0 radical (unpaired) electrons. The van der Waals surface area contributed by atoms with Crippen LogP contribution in [0.15, 0.2) is 0 Å². The Bertz CT molecular complexity index is 84.3. The van der Waals surface area contributed by atoms with E-state index in [4.69, 9.17) is 10.2 Å². The Morgan fingerprint density at radius 3 is 2.22 bits per heavy atom. The van der Waals surface area contributed by atoms with Gasteiger partial charge in [-0.3, -0.25) is 4.79 Å². The summed E-state index contributed by atoms with van der Waals surface area (Å²) in [5.74, 6) is -0.973. The van der Waals surface area contributed by atoms with Crippen LogP contribution in [0.5, 0.6) is 0 Å². The molecule has 2 N–H and O–H groups in total. The second-order valence-corrected chi connectivity index (χ2v) is 1.89. The first-order chi connectivity index (χ1) is 3.66. The van der Waals surface area contributed by atoms with E-state index in [0.29, 0.717) is 0 Å². The normalized spacial score (nSPS) is 11.8. The number of carboxylic acids is 1. The number of aliphatic hydroxyl groups excluding tert-OH is 1. The minimum Gasteiger partial charge on any atom is -0.481 e. The molecule has 0 amide bonds. The molecule has 0 heterocycles. The Balaban J connectivity index is 0. The molecule has 3 nitrogen and oxygen atoms in total. The summed E-state index contributed by atoms with van der Waals surface area (Å²) in [4.78, 5) is 9.86. The monoisotopic (exact) mass is 170 g/mol. The summed E-state index contributed by atoms with van der Waals surface area (Å²) >= 11 is 0. The van der Waals surface area contributed by atoms with Gasteiger partial charge in [0.25, 0.3) is 0 Å². The summed E-state index contributed by atoms with van der Waals surface area (Å²) < 4.78 is 0. The van der Waals surface area contributed by atoms with E-state index in [0.717, 1.165) is 0 Å². The van der Waals surface area contributed by atoms with E-state index in [2.05, 4.69) is 0 Å². The van der Waals surface area contributed by atoms with Crippen LogP contribution in [0.25, 0.3) is 0 Å². The maximum Gasteiger partial charge on any atom is 0.303 e. The van der Waals surface area contributed by atoms with Crippen LogP contribution < -0.4 is 0 Å². The van der Waals surface area contributed by atoms with E-state index in [1.807, 2.05) is 0 Å². The van der Waals surface area contributed by atoms with Gasteiger partial charge >= 0.3 is 5.97 Å². The van der Waals surface area contributed by atoms with Crippen LogP contribution in [0.2, 0.25) is 0 Å². The van der Waals surface area contributed by atoms with Gasteiger partial charge < -0.3 is 10.2 Å². The molecule has 0 fully saturated rings. The van der Waals surface area contributed by atoms with Crippen LogP contribution in [0.3, 0.4) is 0 Å². The minimum absolute atomic E-state index is 0. The molecule has 0 bridgehead atoms. The van der Waals surface area contributed by atoms with Crippen LogP contribution >= 0.6 is 0 Å². The number of carboxylic acid groups (broad SMARTS) is 1. The van der Waals surface area contributed by atoms with Gasteiger partial charge in [0.1, 0.15) is 0 Å². The fourth-order valence-corrected chi connectivity index (χ4v) is 0.363. The van der Waals surface area contributed by atoms with Crippen LogP contribution in [0.4, 0.5) is 0 Å². The van der Waals surface area contributed by atoms with E-state index >= 15 is 0 Å². The van der Waals surface area contributed by atoms with Crippen LogP contribution in [0, 0.1) is 5.92 Å². The first-order valence-corrected chi connectivity index (χ1v) is 2.49. The number of hydrogen-bond acceptors (Lipinski definition) is 2. The maximum atomic E-state index is 9.86. The second-order valence-electron chi connectivity index (χ2n) is 1.89. The van der Waals surface area contributed by atoms with Crippen LogP contribution in [0.1, 0.15) is 13.3 Å². The standard InChI is InChI=1S/C5H10O3.Cr/c1-4(3-6)2-5(7)8;/h4,6H,2-3H2,1H3,(H,7,8);. The fraction of sp³-hybridized carbons (Fsp3) is 0.800. The third-order valence-electron chi connectivity index (χ3n) is 0.835. The molecule has 4 heteroatoms. The molecular weight excluding hydrogens is 160 g/mol. The van der Waals surface area contributed by atoms with Gasteiger partial charge in [-0.25, -0.2) is 0 Å². The van der Waals surface area contributed by atoms with Crippen molar-refractivity contribution < 1.29 is 32.4 Å². The SMILES string of the molecule is CC(CO)CC(=O)O.[Cr]. The third-order valence-corrected chi connectivity index (χ3v) is 0.835. The molecular formula is C5H10CrO3. The molecule has 1 atom stereocenters. The van der Waals surface area contributed by atoms with E-state index < -0.39 is 5.97 Å². The quantitative estimate of drug-likeness (QED) is 0.631. The van der Waals surface area contributed by atoms with Crippen LogP contribution in [-0.4, -0.2) is 22.8 Å². The van der Waals surface area contributed by atoms with Crippen molar-refractivity contribution in [3.63, 3.8) is 0 Å². The van der Waals surface area contributed by atoms with Gasteiger partial charge in [0, 0.05) is 24.0 Å². The van der Waals surface area contributed by atoms with Crippen molar-refractivity contribution in [3.8, 4) is 0 Å². The Kier molecular flexibility index (Phi) is 7.93. The van der Waals surface area contributed by atoms with Crippen molar-refractivity contribution in [2.75, 3.05) is 6.61 Å². The molecule has 1 unspecified atom stereocenters. The Morgan fingerprint density at radius 2 is 2.11 bits per heavy atom. The zero-order valence-electron chi connectivity index (χ0n) is 5.20. The van der Waals surface area contributed by atoms with Gasteiger partial charge in [-0.05, 0) is 5.92 Å². The number of hydrogen-bond donors (Lipinski definition) is 2. The summed E-state index contributed by atoms with van der Waals surface area (Å²) in [6, 6.07) is 0. The van der Waals surface area contributed by atoms with Gasteiger partial charge in [-0.15, -0.1) is 0 Å². The molecule has 0 spiro atoms. The summed E-state index contributed by atoms with van der Waals surface area (Å²) in [5, 5.41) is 16.4. The molecule has 0 saturated carbocycles. The minimum atomic E-state index is -0.855. The number of aliphatic carboxylic acids is 1. The zero-order valence-corrected chi connectivity index (χ0v) is 6.48. The average Bonchev–Trinajstić information content (AvgIpc) is 1.65. The van der Waals surface area contributed by atoms with E-state index in [-0.39, 0.29) is 36.3 Å². The number of aliphatic hydroxyl groups is 1. The molecule has 0 aromatic rings. The molecule has 9 heavy (non-hydrogen) atoms. The Morgan fingerprint density at radius 1 is 1.67 bits per heavy atom. The van der Waals surface area contributed by atoms with Gasteiger partial charge in [0.15, 0.2) is 0 Å². The molecule has 0 rings (SSSR count). The number of rotatable bonds is 3. The maximum absolute atomic E-state index is 9.86. The average molecular weight is 170 g/mol. The van der Waals surface area contributed by atoms with Crippen molar-refractivity contribution in [2.45, 2.75) is 13.3 Å². The van der Waals surface area contributed by atoms with Crippen molar-refractivity contribution in [1.29, 1.82) is 0 Å². The first-order valence-electron chi connectivity index (χ1n) is 2.49. The van der Waals surface area contributed by atoms with Crippen molar-refractivity contribution in [3.05, 3.63) is 0 Å². The van der Waals surface area contributed by atoms with Crippen molar-refractivity contribution >= 4 is 5.97 Å². The Hall–Kier alpha value is -0.0375.